The molecule has 2 aliphatic heterocycles. The summed E-state index contributed by atoms with van der Waals surface area (Å²) in [5, 5.41) is 8.61. The van der Waals surface area contributed by atoms with Gasteiger partial charge >= 0.3 is 0 Å². The zero-order valence-corrected chi connectivity index (χ0v) is 6.70. The Morgan fingerprint density at radius 3 is 2.64 bits per heavy atom. The molecule has 2 fully saturated rings. The molecule has 11 heavy (non-hydrogen) atoms. The van der Waals surface area contributed by atoms with Gasteiger partial charge in [-0.1, -0.05) is 6.92 Å². The average Bonchev–Trinajstić information content (AvgIpc) is 2.67. The number of rotatable bonds is 0. The van der Waals surface area contributed by atoms with E-state index in [0.717, 1.165) is 0 Å². The summed E-state index contributed by atoms with van der Waals surface area (Å²) in [5.41, 5.74) is -0.242. The van der Waals surface area contributed by atoms with Crippen molar-refractivity contribution in [1.82, 2.24) is 0 Å². The molecule has 0 aliphatic carbocycles. The fourth-order valence-electron chi connectivity index (χ4n) is 1.71. The SMILES string of the molecule is CC1OCC2(OC2C#N)C1C. The second kappa shape index (κ2) is 1.96. The van der Waals surface area contributed by atoms with Crippen LogP contribution in [-0.4, -0.2) is 24.4 Å². The zero-order chi connectivity index (χ0) is 8.06. The number of epoxide rings is 1. The van der Waals surface area contributed by atoms with E-state index in [4.69, 9.17) is 14.7 Å². The lowest BCUT2D eigenvalue weighted by Crippen LogP contribution is -2.24. The van der Waals surface area contributed by atoms with E-state index in [2.05, 4.69) is 13.0 Å². The van der Waals surface area contributed by atoms with Gasteiger partial charge < -0.3 is 9.47 Å². The highest BCUT2D eigenvalue weighted by Crippen LogP contribution is 2.49. The van der Waals surface area contributed by atoms with Crippen LogP contribution in [0.25, 0.3) is 0 Å². The van der Waals surface area contributed by atoms with Gasteiger partial charge in [0.1, 0.15) is 5.60 Å². The molecule has 2 saturated heterocycles. The van der Waals surface area contributed by atoms with Crippen molar-refractivity contribution in [2.75, 3.05) is 6.61 Å². The van der Waals surface area contributed by atoms with Crippen molar-refractivity contribution in [3.63, 3.8) is 0 Å². The van der Waals surface area contributed by atoms with Crippen molar-refractivity contribution in [1.29, 1.82) is 5.26 Å². The summed E-state index contributed by atoms with van der Waals surface area (Å²) in [6, 6.07) is 2.12. The van der Waals surface area contributed by atoms with Gasteiger partial charge in [0.05, 0.1) is 18.8 Å². The third-order valence-corrected chi connectivity index (χ3v) is 2.89. The lowest BCUT2D eigenvalue weighted by atomic mass is 9.91. The highest BCUT2D eigenvalue weighted by atomic mass is 16.6. The van der Waals surface area contributed by atoms with Gasteiger partial charge in [-0.2, -0.15) is 5.26 Å². The normalized spacial score (nSPS) is 54.5. The maximum atomic E-state index is 8.61. The first-order valence-electron chi connectivity index (χ1n) is 3.90. The van der Waals surface area contributed by atoms with E-state index in [9.17, 15) is 0 Å². The van der Waals surface area contributed by atoms with E-state index >= 15 is 0 Å². The molecule has 0 radical (unpaired) electrons. The van der Waals surface area contributed by atoms with E-state index in [0.29, 0.717) is 12.5 Å². The molecule has 0 aromatic rings. The lowest BCUT2D eigenvalue weighted by Gasteiger charge is -2.09. The Hall–Kier alpha value is -0.590. The van der Waals surface area contributed by atoms with Gasteiger partial charge in [-0.3, -0.25) is 0 Å². The van der Waals surface area contributed by atoms with Gasteiger partial charge in [0.25, 0.3) is 0 Å². The van der Waals surface area contributed by atoms with E-state index in [1.807, 2.05) is 6.92 Å². The molecule has 4 unspecified atom stereocenters. The Morgan fingerprint density at radius 1 is 1.55 bits per heavy atom. The van der Waals surface area contributed by atoms with Crippen LogP contribution in [0.2, 0.25) is 0 Å². The summed E-state index contributed by atoms with van der Waals surface area (Å²) < 4.78 is 10.7. The molecule has 1 spiro atoms. The van der Waals surface area contributed by atoms with Crippen LogP contribution in [0.5, 0.6) is 0 Å². The van der Waals surface area contributed by atoms with Gasteiger partial charge in [0.15, 0.2) is 6.10 Å². The van der Waals surface area contributed by atoms with E-state index in [-0.39, 0.29) is 17.8 Å². The van der Waals surface area contributed by atoms with Crippen molar-refractivity contribution in [2.24, 2.45) is 5.92 Å². The summed E-state index contributed by atoms with van der Waals surface area (Å²) in [6.07, 6.45) is 0.01000. The van der Waals surface area contributed by atoms with Crippen molar-refractivity contribution >= 4 is 0 Å². The molecule has 60 valence electrons. The summed E-state index contributed by atoms with van der Waals surface area (Å²) in [7, 11) is 0. The molecule has 0 aromatic carbocycles. The van der Waals surface area contributed by atoms with Crippen molar-refractivity contribution < 1.29 is 9.47 Å². The molecular weight excluding hydrogens is 142 g/mol. The first-order chi connectivity index (χ1) is 5.20. The number of nitriles is 1. The van der Waals surface area contributed by atoms with Crippen LogP contribution < -0.4 is 0 Å². The third kappa shape index (κ3) is 0.741. The minimum atomic E-state index is -0.242. The van der Waals surface area contributed by atoms with E-state index in [1.165, 1.54) is 0 Å². The van der Waals surface area contributed by atoms with Gasteiger partial charge in [-0.25, -0.2) is 0 Å². The second-order valence-corrected chi connectivity index (χ2v) is 3.39. The lowest BCUT2D eigenvalue weighted by molar-refractivity contribution is 0.106. The average molecular weight is 153 g/mol. The summed E-state index contributed by atoms with van der Waals surface area (Å²) in [4.78, 5) is 0. The van der Waals surface area contributed by atoms with Gasteiger partial charge in [0, 0.05) is 5.92 Å². The molecule has 0 aromatic heterocycles. The molecule has 2 rings (SSSR count). The van der Waals surface area contributed by atoms with Crippen LogP contribution in [0.1, 0.15) is 13.8 Å². The van der Waals surface area contributed by atoms with Crippen LogP contribution in [0.4, 0.5) is 0 Å². The van der Waals surface area contributed by atoms with Gasteiger partial charge in [-0.05, 0) is 6.92 Å². The van der Waals surface area contributed by atoms with Crippen LogP contribution in [-0.2, 0) is 9.47 Å². The van der Waals surface area contributed by atoms with Gasteiger partial charge in [0.2, 0.25) is 0 Å². The molecule has 3 nitrogen and oxygen atoms in total. The predicted molar refractivity (Wildman–Crippen MR) is 37.8 cm³/mol. The molecule has 0 saturated carbocycles. The second-order valence-electron chi connectivity index (χ2n) is 3.39. The first-order valence-corrected chi connectivity index (χ1v) is 3.90. The Balaban J connectivity index is 2.14. The molecular formula is C8H11NO2. The monoisotopic (exact) mass is 153 g/mol. The fourth-order valence-corrected chi connectivity index (χ4v) is 1.71. The molecule has 4 atom stereocenters. The summed E-state index contributed by atoms with van der Waals surface area (Å²) in [6.45, 7) is 4.69. The third-order valence-electron chi connectivity index (χ3n) is 2.89. The highest BCUT2D eigenvalue weighted by molar-refractivity contribution is 5.19. The standard InChI is InChI=1S/C8H11NO2/c1-5-6(2)10-4-8(5)7(3-9)11-8/h5-7H,4H2,1-2H3. The quantitative estimate of drug-likeness (QED) is 0.481. The number of hydrogen-bond acceptors (Lipinski definition) is 3. The minimum Gasteiger partial charge on any atom is -0.375 e. The summed E-state index contributed by atoms with van der Waals surface area (Å²) >= 11 is 0. The molecule has 0 N–H and O–H groups in total. The molecule has 0 bridgehead atoms. The van der Waals surface area contributed by atoms with Gasteiger partial charge in [-0.15, -0.1) is 0 Å². The maximum Gasteiger partial charge on any atom is 0.176 e. The Kier molecular flexibility index (Phi) is 1.26. The van der Waals surface area contributed by atoms with Crippen LogP contribution in [0.3, 0.4) is 0 Å². The Labute approximate surface area is 65.9 Å². The topological polar surface area (TPSA) is 45.5 Å². The Morgan fingerprint density at radius 2 is 2.27 bits per heavy atom. The minimum absolute atomic E-state index is 0.220. The van der Waals surface area contributed by atoms with Crippen LogP contribution in [0, 0.1) is 17.2 Å². The van der Waals surface area contributed by atoms with E-state index in [1.54, 1.807) is 0 Å². The molecule has 2 heterocycles. The van der Waals surface area contributed by atoms with E-state index < -0.39 is 0 Å². The number of ether oxygens (including phenoxy) is 2. The molecule has 0 amide bonds. The fraction of sp³-hybridized carbons (Fsp3) is 0.875. The highest BCUT2D eigenvalue weighted by Gasteiger charge is 2.65. The first kappa shape index (κ1) is 7.08. The Bertz CT molecular complexity index is 223. The largest absolute Gasteiger partial charge is 0.375 e. The zero-order valence-electron chi connectivity index (χ0n) is 6.70. The summed E-state index contributed by atoms with van der Waals surface area (Å²) in [5.74, 6) is 0.354. The van der Waals surface area contributed by atoms with Crippen molar-refractivity contribution in [3.05, 3.63) is 0 Å². The van der Waals surface area contributed by atoms with Crippen LogP contribution in [0.15, 0.2) is 0 Å². The number of hydrogen-bond donors (Lipinski definition) is 0. The van der Waals surface area contributed by atoms with Crippen LogP contribution >= 0.6 is 0 Å². The number of nitrogens with zero attached hydrogens (tertiary/aromatic N) is 1. The predicted octanol–water partition coefficient (Wildman–Crippen LogP) is 0.702. The van der Waals surface area contributed by atoms with Crippen molar-refractivity contribution in [2.45, 2.75) is 31.7 Å². The smallest absolute Gasteiger partial charge is 0.176 e. The molecule has 3 heteroatoms. The maximum absolute atomic E-state index is 8.61. The van der Waals surface area contributed by atoms with Crippen molar-refractivity contribution in [3.8, 4) is 6.07 Å². The molecule has 2 aliphatic rings.